The molecule has 0 aliphatic carbocycles. The molecule has 0 aliphatic heterocycles. The Bertz CT molecular complexity index is 9720. The van der Waals surface area contributed by atoms with Gasteiger partial charge in [-0.2, -0.15) is 0 Å². The summed E-state index contributed by atoms with van der Waals surface area (Å²) in [6.45, 7) is 6.66. The summed E-state index contributed by atoms with van der Waals surface area (Å²) >= 11 is 1.85. The second-order valence-corrected chi connectivity index (χ2v) is 38.7. The molecule has 0 atom stereocenters. The van der Waals surface area contributed by atoms with Crippen LogP contribution in [0.1, 0.15) is 26.5 Å². The van der Waals surface area contributed by atoms with Gasteiger partial charge in [0.1, 0.15) is 11.2 Å². The van der Waals surface area contributed by atoms with Crippen molar-refractivity contribution in [1.29, 1.82) is 0 Å². The number of furan rings is 1. The first-order chi connectivity index (χ1) is 70.0. The van der Waals surface area contributed by atoms with Crippen LogP contribution in [0, 0.1) is 0 Å². The monoisotopic (exact) mass is 1830 g/mol. The van der Waals surface area contributed by atoms with Gasteiger partial charge in [0.2, 0.25) is 17.8 Å². The van der Waals surface area contributed by atoms with E-state index in [-0.39, 0.29) is 5.41 Å². The van der Waals surface area contributed by atoms with E-state index in [0.717, 1.165) is 138 Å². The van der Waals surface area contributed by atoms with Crippen LogP contribution in [0.3, 0.4) is 0 Å². The first-order valence-corrected chi connectivity index (χ1v) is 49.0. The molecule has 0 aliphatic rings. The Morgan fingerprint density at radius 2 is 0.479 bits per heavy atom. The summed E-state index contributed by atoms with van der Waals surface area (Å²) < 4.78 is 17.8. The number of hydrogen-bond acceptors (Lipinski definition) is 8. The van der Waals surface area contributed by atoms with Crippen molar-refractivity contribution in [2.45, 2.75) is 26.2 Å². The molecule has 9 heterocycles. The molecule has 12 heteroatoms. The summed E-state index contributed by atoms with van der Waals surface area (Å²) in [6.07, 6.45) is 0. The van der Waals surface area contributed by atoms with E-state index >= 15 is 0 Å². The standard InChI is InChI=1S/C44H27N3O.C44H27N3S.C42H32N4/c2*1-3-11-28(12-4-1)30-19-22-39-35(25-30)36-26-31(32-21-24-42-37(27-32)33-15-8-10-18-41(33)48-42)20-23-40(36)47(39)44-45-38-17-9-7-16-34(38)43(46-44)29-13-5-2-6-14-29;1-42(2,3)40-32-17-7-10-18-35(32)43-41(44-40)46-37-20-12-9-16-31(37)34-26-28(22-24-39(34)46)27-21-23-38-33(25-27)30-15-8-11-19-36(30)45(38)29-13-5-4-6-14-29/h2*1-27H;4-26H,1-3H3. The van der Waals surface area contributed by atoms with Crippen LogP contribution >= 0.6 is 11.3 Å². The molecule has 0 radical (unpaired) electrons. The van der Waals surface area contributed by atoms with Crippen LogP contribution < -0.4 is 0 Å². The van der Waals surface area contributed by atoms with Crippen LogP contribution in [0.2, 0.25) is 0 Å². The summed E-state index contributed by atoms with van der Waals surface area (Å²) in [6, 6.07) is 166. The fourth-order valence-corrected chi connectivity index (χ4v) is 22.4. The minimum atomic E-state index is -0.133. The Hall–Kier alpha value is -18.4. The highest BCUT2D eigenvalue weighted by Crippen LogP contribution is 2.46. The number of rotatable bonds is 11. The van der Waals surface area contributed by atoms with Gasteiger partial charge in [-0.15, -0.1) is 11.3 Å². The smallest absolute Gasteiger partial charge is 0.235 e. The van der Waals surface area contributed by atoms with Gasteiger partial charge >= 0.3 is 0 Å². The van der Waals surface area contributed by atoms with Crippen LogP contribution in [0.4, 0.5) is 0 Å². The van der Waals surface area contributed by atoms with E-state index in [2.05, 4.69) is 470 Å². The largest absolute Gasteiger partial charge is 0.456 e. The average molecular weight is 1840 g/mol. The van der Waals surface area contributed by atoms with Crippen molar-refractivity contribution in [1.82, 2.24) is 48.2 Å². The lowest BCUT2D eigenvalue weighted by atomic mass is 9.89. The van der Waals surface area contributed by atoms with Crippen LogP contribution in [0.5, 0.6) is 0 Å². The van der Waals surface area contributed by atoms with Crippen LogP contribution in [0.15, 0.2) is 472 Å². The summed E-state index contributed by atoms with van der Waals surface area (Å²) in [5, 5.41) is 17.6. The molecule has 0 N–H and O–H groups in total. The Kier molecular flexibility index (Phi) is 19.8. The number of thiophene rings is 1. The summed E-state index contributed by atoms with van der Waals surface area (Å²) in [5.74, 6) is 2.02. The first kappa shape index (κ1) is 83.0. The molecule has 29 aromatic rings. The molecule has 9 aromatic heterocycles. The van der Waals surface area contributed by atoms with Crippen molar-refractivity contribution in [2.75, 3.05) is 0 Å². The predicted molar refractivity (Wildman–Crippen MR) is 593 cm³/mol. The second kappa shape index (κ2) is 33.8. The molecular formula is C130H86N10OS. The van der Waals surface area contributed by atoms with Crippen molar-refractivity contribution < 1.29 is 4.42 Å². The highest BCUT2D eigenvalue weighted by Gasteiger charge is 2.27. The first-order valence-electron chi connectivity index (χ1n) is 48.2. The topological polar surface area (TPSA) is 110 Å². The van der Waals surface area contributed by atoms with Gasteiger partial charge < -0.3 is 8.98 Å². The van der Waals surface area contributed by atoms with E-state index < -0.39 is 0 Å². The fraction of sp³-hybridized carbons (Fsp3) is 0.0308. The van der Waals surface area contributed by atoms with Crippen LogP contribution in [0.25, 0.3) is 264 Å². The predicted octanol–water partition coefficient (Wildman–Crippen LogP) is 34.5. The molecule has 668 valence electrons. The van der Waals surface area contributed by atoms with Gasteiger partial charge in [-0.3, -0.25) is 13.7 Å². The zero-order chi connectivity index (χ0) is 94.2. The lowest BCUT2D eigenvalue weighted by Crippen LogP contribution is -2.17. The van der Waals surface area contributed by atoms with E-state index in [1.807, 2.05) is 47.7 Å². The number of fused-ring (bicyclic) bond motifs is 21. The SMILES string of the molecule is CC(C)(C)c1nc(-n2c3ccccc3c3cc(-c4ccc5c(c4)c4ccccc4n5-c4ccccc4)ccc32)nc2ccccc12.c1ccc(-c2ccc3c(c2)c2cc(-c4ccc5oc6ccccc6c5c4)ccc2n3-c2nc(-c3ccccc3)c3ccccc3n2)cc1.c1ccc(-c2ccc3c(c2)c2cc(-c4ccc5sc6ccccc6c5c4)ccc2n3-c2nc(-c3ccccc3)c3ccccc3n2)cc1. The zero-order valence-corrected chi connectivity index (χ0v) is 78.6. The molecule has 0 amide bonds. The lowest BCUT2D eigenvalue weighted by Gasteiger charge is -2.21. The number of para-hydroxylation sites is 7. The van der Waals surface area contributed by atoms with Crippen molar-refractivity contribution in [3.8, 4) is 102 Å². The molecule has 11 nitrogen and oxygen atoms in total. The lowest BCUT2D eigenvalue weighted by molar-refractivity contribution is 0.572. The summed E-state index contributed by atoms with van der Waals surface area (Å²) in [4.78, 5) is 31.2. The van der Waals surface area contributed by atoms with Gasteiger partial charge in [0.05, 0.1) is 77.8 Å². The van der Waals surface area contributed by atoms with Gasteiger partial charge in [0.25, 0.3) is 0 Å². The minimum absolute atomic E-state index is 0.133. The molecular weight excluding hydrogens is 1750 g/mol. The third-order valence-electron chi connectivity index (χ3n) is 28.0. The molecule has 0 bridgehead atoms. The maximum absolute atomic E-state index is 6.13. The van der Waals surface area contributed by atoms with Gasteiger partial charge in [-0.1, -0.05) is 336 Å². The third kappa shape index (κ3) is 14.2. The number of nitrogens with zero attached hydrogens (tertiary/aromatic N) is 10. The van der Waals surface area contributed by atoms with Gasteiger partial charge in [-0.25, -0.2) is 29.9 Å². The molecule has 29 rings (SSSR count). The Morgan fingerprint density at radius 1 is 0.190 bits per heavy atom. The highest BCUT2D eigenvalue weighted by molar-refractivity contribution is 7.25. The molecule has 0 spiro atoms. The summed E-state index contributed by atoms with van der Waals surface area (Å²) in [5.41, 5.74) is 31.4. The second-order valence-electron chi connectivity index (χ2n) is 37.6. The fourth-order valence-electron chi connectivity index (χ4n) is 21.3. The van der Waals surface area contributed by atoms with Crippen molar-refractivity contribution >= 4 is 173 Å². The Balaban J connectivity index is 0.000000107. The van der Waals surface area contributed by atoms with Gasteiger partial charge in [0.15, 0.2) is 0 Å². The van der Waals surface area contributed by atoms with Crippen LogP contribution in [-0.4, -0.2) is 48.2 Å². The van der Waals surface area contributed by atoms with E-state index in [0.29, 0.717) is 17.8 Å². The minimum Gasteiger partial charge on any atom is -0.456 e. The Morgan fingerprint density at radius 3 is 0.930 bits per heavy atom. The average Bonchev–Trinajstić information content (AvgIpc) is 1.58. The number of benzene rings is 20. The number of hydrogen-bond donors (Lipinski definition) is 0. The molecule has 0 saturated carbocycles. The van der Waals surface area contributed by atoms with Gasteiger partial charge in [0, 0.05) is 112 Å². The summed E-state index contributed by atoms with van der Waals surface area (Å²) in [7, 11) is 0. The zero-order valence-electron chi connectivity index (χ0n) is 77.7. The molecule has 142 heavy (non-hydrogen) atoms. The van der Waals surface area contributed by atoms with Crippen LogP contribution in [-0.2, 0) is 5.41 Å². The van der Waals surface area contributed by atoms with Crippen molar-refractivity contribution in [2.24, 2.45) is 0 Å². The highest BCUT2D eigenvalue weighted by atomic mass is 32.1. The Labute approximate surface area is 820 Å². The van der Waals surface area contributed by atoms with E-state index in [4.69, 9.17) is 34.3 Å². The van der Waals surface area contributed by atoms with Crippen molar-refractivity contribution in [3.05, 3.63) is 473 Å². The maximum Gasteiger partial charge on any atom is 0.235 e. The molecule has 0 fully saturated rings. The molecule has 0 unspecified atom stereocenters. The third-order valence-corrected chi connectivity index (χ3v) is 29.2. The van der Waals surface area contributed by atoms with Gasteiger partial charge in [-0.05, 0) is 207 Å². The maximum atomic E-state index is 6.13. The van der Waals surface area contributed by atoms with E-state index in [9.17, 15) is 0 Å². The normalized spacial score (nSPS) is 11.9. The molecule has 0 saturated heterocycles. The van der Waals surface area contributed by atoms with E-state index in [1.54, 1.807) is 0 Å². The molecule has 20 aromatic carbocycles. The quantitative estimate of drug-likeness (QED) is 0.127. The van der Waals surface area contributed by atoms with E-state index in [1.165, 1.54) is 114 Å². The van der Waals surface area contributed by atoms with Crippen molar-refractivity contribution in [3.63, 3.8) is 0 Å². The number of aromatic nitrogens is 10.